The van der Waals surface area contributed by atoms with Crippen LogP contribution < -0.4 is 0 Å². The number of carbonyl (C=O) groups is 2. The molecule has 0 bridgehead atoms. The van der Waals surface area contributed by atoms with Crippen LogP contribution in [0.25, 0.3) is 10.2 Å². The van der Waals surface area contributed by atoms with E-state index in [-0.39, 0.29) is 11.8 Å². The van der Waals surface area contributed by atoms with Crippen LogP contribution in [0.1, 0.15) is 34.0 Å². The van der Waals surface area contributed by atoms with E-state index in [0.29, 0.717) is 17.2 Å². The Morgan fingerprint density at radius 2 is 2.19 bits per heavy atom. The molecule has 2 heterocycles. The molecule has 0 saturated heterocycles. The first kappa shape index (κ1) is 10.9. The van der Waals surface area contributed by atoms with Crippen LogP contribution in [-0.2, 0) is 4.74 Å². The van der Waals surface area contributed by atoms with Crippen molar-refractivity contribution in [3.8, 4) is 0 Å². The fourth-order valence-corrected chi connectivity index (χ4v) is 2.36. The lowest BCUT2D eigenvalue weighted by atomic mass is 10.3. The number of Topliss-reactive ketones (excluding diaryl/α,β-unsaturated/α-hetero) is 1. The van der Waals surface area contributed by atoms with Crippen LogP contribution in [0.3, 0.4) is 0 Å². The lowest BCUT2D eigenvalue weighted by Crippen LogP contribution is -2.04. The number of ether oxygens (including phenoxy) is 1. The third kappa shape index (κ3) is 1.86. The van der Waals surface area contributed by atoms with E-state index in [1.165, 1.54) is 18.3 Å². The molecule has 2 aromatic rings. The van der Waals surface area contributed by atoms with Crippen LogP contribution in [0.15, 0.2) is 12.1 Å². The zero-order valence-corrected chi connectivity index (χ0v) is 9.81. The molecule has 0 atom stereocenters. The number of hydrogen-bond donors (Lipinski definition) is 1. The Balaban J connectivity index is 2.35. The van der Waals surface area contributed by atoms with Gasteiger partial charge in [-0.15, -0.1) is 11.3 Å². The predicted octanol–water partition coefficient (Wildman–Crippen LogP) is 2.61. The van der Waals surface area contributed by atoms with Crippen LogP contribution in [0, 0.1) is 0 Å². The fraction of sp³-hybridized carbons (Fsp3) is 0.273. The molecule has 0 radical (unpaired) electrons. The molecular weight excluding hydrogens is 226 g/mol. The molecule has 0 aromatic carbocycles. The first-order valence-corrected chi connectivity index (χ1v) is 5.74. The minimum atomic E-state index is -0.365. The third-order valence-electron chi connectivity index (χ3n) is 2.15. The highest BCUT2D eigenvalue weighted by atomic mass is 32.1. The summed E-state index contributed by atoms with van der Waals surface area (Å²) in [5.41, 5.74) is 0.429. The van der Waals surface area contributed by atoms with Gasteiger partial charge in [-0.2, -0.15) is 0 Å². The van der Waals surface area contributed by atoms with E-state index in [2.05, 4.69) is 4.98 Å². The Kier molecular flexibility index (Phi) is 2.78. The number of aromatic amines is 1. The summed E-state index contributed by atoms with van der Waals surface area (Å²) in [7, 11) is 0. The highest BCUT2D eigenvalue weighted by Crippen LogP contribution is 2.26. The summed E-state index contributed by atoms with van der Waals surface area (Å²) in [6, 6.07) is 3.48. The van der Waals surface area contributed by atoms with E-state index in [0.717, 1.165) is 10.2 Å². The van der Waals surface area contributed by atoms with Gasteiger partial charge in [0.2, 0.25) is 0 Å². The number of nitrogens with one attached hydrogen (secondary N) is 1. The second kappa shape index (κ2) is 4.09. The summed E-state index contributed by atoms with van der Waals surface area (Å²) in [6.07, 6.45) is 0. The van der Waals surface area contributed by atoms with Gasteiger partial charge in [0, 0.05) is 5.39 Å². The summed E-state index contributed by atoms with van der Waals surface area (Å²) in [4.78, 5) is 27.0. The number of esters is 1. The second-order valence-electron chi connectivity index (χ2n) is 3.35. The van der Waals surface area contributed by atoms with Crippen LogP contribution in [0.5, 0.6) is 0 Å². The molecule has 2 aromatic heterocycles. The standard InChI is InChI=1S/C11H11NO3S/c1-3-15-11(14)8-4-7-5-9(6(2)13)16-10(7)12-8/h4-5,12H,3H2,1-2H3. The van der Waals surface area contributed by atoms with Gasteiger partial charge in [0.1, 0.15) is 10.5 Å². The molecular formula is C11H11NO3S. The topological polar surface area (TPSA) is 59.2 Å². The van der Waals surface area contributed by atoms with Gasteiger partial charge in [-0.25, -0.2) is 4.79 Å². The van der Waals surface area contributed by atoms with Crippen molar-refractivity contribution in [2.45, 2.75) is 13.8 Å². The number of aromatic nitrogens is 1. The normalized spacial score (nSPS) is 10.6. The van der Waals surface area contributed by atoms with E-state index in [1.54, 1.807) is 19.1 Å². The number of carbonyl (C=O) groups excluding carboxylic acids is 2. The highest BCUT2D eigenvalue weighted by molar-refractivity contribution is 7.20. The third-order valence-corrected chi connectivity index (χ3v) is 3.32. The Hall–Kier alpha value is -1.62. The lowest BCUT2D eigenvalue weighted by molar-refractivity contribution is 0.0520. The molecule has 4 nitrogen and oxygen atoms in total. The average molecular weight is 237 g/mol. The quantitative estimate of drug-likeness (QED) is 0.659. The van der Waals surface area contributed by atoms with Crippen LogP contribution in [0.4, 0.5) is 0 Å². The lowest BCUT2D eigenvalue weighted by Gasteiger charge is -1.96. The molecule has 0 aliphatic heterocycles. The van der Waals surface area contributed by atoms with Gasteiger partial charge in [0.15, 0.2) is 5.78 Å². The van der Waals surface area contributed by atoms with E-state index in [4.69, 9.17) is 4.74 Å². The molecule has 16 heavy (non-hydrogen) atoms. The zero-order valence-electron chi connectivity index (χ0n) is 8.99. The molecule has 0 amide bonds. The van der Waals surface area contributed by atoms with Crippen molar-refractivity contribution in [3.05, 3.63) is 22.7 Å². The Morgan fingerprint density at radius 1 is 1.44 bits per heavy atom. The molecule has 2 rings (SSSR count). The molecule has 0 aliphatic carbocycles. The molecule has 0 spiro atoms. The number of ketones is 1. The fourth-order valence-electron chi connectivity index (χ4n) is 1.42. The van der Waals surface area contributed by atoms with Crippen molar-refractivity contribution in [2.24, 2.45) is 0 Å². The summed E-state index contributed by atoms with van der Waals surface area (Å²) in [6.45, 7) is 3.64. The summed E-state index contributed by atoms with van der Waals surface area (Å²) >= 11 is 1.35. The summed E-state index contributed by atoms with van der Waals surface area (Å²) in [5.74, 6) is -0.331. The summed E-state index contributed by atoms with van der Waals surface area (Å²) in [5, 5.41) is 0.873. The Bertz CT molecular complexity index is 521. The van der Waals surface area contributed by atoms with Crippen molar-refractivity contribution >= 4 is 33.3 Å². The molecule has 1 N–H and O–H groups in total. The second-order valence-corrected chi connectivity index (χ2v) is 4.41. The van der Waals surface area contributed by atoms with Gasteiger partial charge in [0.05, 0.1) is 11.5 Å². The first-order valence-electron chi connectivity index (χ1n) is 4.92. The predicted molar refractivity (Wildman–Crippen MR) is 62.1 cm³/mol. The number of thiophene rings is 1. The van der Waals surface area contributed by atoms with Gasteiger partial charge in [-0.3, -0.25) is 4.79 Å². The van der Waals surface area contributed by atoms with Crippen molar-refractivity contribution in [2.75, 3.05) is 6.61 Å². The minimum Gasteiger partial charge on any atom is -0.461 e. The van der Waals surface area contributed by atoms with E-state index in [1.807, 2.05) is 0 Å². The van der Waals surface area contributed by atoms with Crippen molar-refractivity contribution in [1.82, 2.24) is 4.98 Å². The zero-order chi connectivity index (χ0) is 11.7. The van der Waals surface area contributed by atoms with Crippen LogP contribution in [-0.4, -0.2) is 23.3 Å². The maximum Gasteiger partial charge on any atom is 0.354 e. The van der Waals surface area contributed by atoms with Gasteiger partial charge in [-0.05, 0) is 26.0 Å². The van der Waals surface area contributed by atoms with E-state index < -0.39 is 0 Å². The van der Waals surface area contributed by atoms with Gasteiger partial charge in [-0.1, -0.05) is 0 Å². The molecule has 84 valence electrons. The maximum atomic E-state index is 11.4. The van der Waals surface area contributed by atoms with E-state index in [9.17, 15) is 9.59 Å². The number of hydrogen-bond acceptors (Lipinski definition) is 4. The molecule has 0 unspecified atom stereocenters. The van der Waals surface area contributed by atoms with Gasteiger partial charge in [0.25, 0.3) is 0 Å². The van der Waals surface area contributed by atoms with Crippen molar-refractivity contribution < 1.29 is 14.3 Å². The highest BCUT2D eigenvalue weighted by Gasteiger charge is 2.13. The van der Waals surface area contributed by atoms with Crippen LogP contribution in [0.2, 0.25) is 0 Å². The van der Waals surface area contributed by atoms with E-state index >= 15 is 0 Å². The molecule has 0 aliphatic rings. The largest absolute Gasteiger partial charge is 0.461 e. The van der Waals surface area contributed by atoms with Crippen molar-refractivity contribution in [3.63, 3.8) is 0 Å². The Morgan fingerprint density at radius 3 is 2.75 bits per heavy atom. The van der Waals surface area contributed by atoms with Crippen LogP contribution >= 0.6 is 11.3 Å². The smallest absolute Gasteiger partial charge is 0.354 e. The Labute approximate surface area is 96.2 Å². The first-order chi connectivity index (χ1) is 7.61. The van der Waals surface area contributed by atoms with Crippen molar-refractivity contribution in [1.29, 1.82) is 0 Å². The molecule has 0 saturated carbocycles. The van der Waals surface area contributed by atoms with Gasteiger partial charge >= 0.3 is 5.97 Å². The van der Waals surface area contributed by atoms with Gasteiger partial charge < -0.3 is 9.72 Å². The number of H-pyrrole nitrogens is 1. The summed E-state index contributed by atoms with van der Waals surface area (Å²) < 4.78 is 4.87. The SMILES string of the molecule is CCOC(=O)c1cc2cc(C(C)=O)sc2[nH]1. The average Bonchev–Trinajstić information content (AvgIpc) is 2.73. The molecule has 5 heteroatoms. The number of fused-ring (bicyclic) bond motifs is 1. The molecule has 0 fully saturated rings. The number of rotatable bonds is 3. The maximum absolute atomic E-state index is 11.4. The minimum absolute atomic E-state index is 0.0345. The monoisotopic (exact) mass is 237 g/mol.